The van der Waals surface area contributed by atoms with Crippen molar-refractivity contribution in [1.29, 1.82) is 0 Å². The number of carbonyl (C=O) groups excluding carboxylic acids is 1. The second kappa shape index (κ2) is 7.16. The highest BCUT2D eigenvalue weighted by Gasteiger charge is 2.12. The Morgan fingerprint density at radius 2 is 1.64 bits per heavy atom. The van der Waals surface area contributed by atoms with Crippen LogP contribution in [0.1, 0.15) is 49.1 Å². The number of benzene rings is 1. The maximum atomic E-state index is 11.9. The van der Waals surface area contributed by atoms with E-state index in [0.29, 0.717) is 11.8 Å². The Morgan fingerprint density at radius 3 is 2.27 bits per heavy atom. The molecule has 0 spiro atoms. The van der Waals surface area contributed by atoms with Crippen molar-refractivity contribution >= 4 is 17.3 Å². The lowest BCUT2D eigenvalue weighted by atomic mass is 10.1. The van der Waals surface area contributed by atoms with Crippen LogP contribution in [0.5, 0.6) is 0 Å². The van der Waals surface area contributed by atoms with Crippen LogP contribution in [0.2, 0.25) is 0 Å². The van der Waals surface area contributed by atoms with Crippen molar-refractivity contribution in [3.05, 3.63) is 48.4 Å². The molecule has 1 fully saturated rings. The van der Waals surface area contributed by atoms with Crippen LogP contribution >= 0.6 is 0 Å². The van der Waals surface area contributed by atoms with Crippen molar-refractivity contribution in [2.75, 3.05) is 10.6 Å². The highest BCUT2D eigenvalue weighted by molar-refractivity contribution is 6.02. The summed E-state index contributed by atoms with van der Waals surface area (Å²) in [6, 6.07) is 11.8. The molecule has 1 aromatic carbocycles. The lowest BCUT2D eigenvalue weighted by Crippen LogP contribution is -2.18. The molecule has 116 valence electrons. The highest BCUT2D eigenvalue weighted by atomic mass is 16.3. The van der Waals surface area contributed by atoms with Crippen LogP contribution in [0.3, 0.4) is 0 Å². The minimum atomic E-state index is -0.227. The van der Waals surface area contributed by atoms with Crippen molar-refractivity contribution in [3.8, 4) is 0 Å². The summed E-state index contributed by atoms with van der Waals surface area (Å²) in [6.07, 6.45) is 9.33. The van der Waals surface area contributed by atoms with E-state index in [2.05, 4.69) is 10.6 Å². The van der Waals surface area contributed by atoms with Gasteiger partial charge in [0.2, 0.25) is 0 Å². The third-order valence-electron chi connectivity index (χ3n) is 4.11. The summed E-state index contributed by atoms with van der Waals surface area (Å²) in [7, 11) is 0. The first-order valence-electron chi connectivity index (χ1n) is 8.03. The Labute approximate surface area is 130 Å². The van der Waals surface area contributed by atoms with E-state index < -0.39 is 0 Å². The summed E-state index contributed by atoms with van der Waals surface area (Å²) < 4.78 is 5.08. The highest BCUT2D eigenvalue weighted by Crippen LogP contribution is 2.22. The van der Waals surface area contributed by atoms with Crippen LogP contribution in [-0.2, 0) is 0 Å². The number of furan rings is 1. The van der Waals surface area contributed by atoms with Gasteiger partial charge in [-0.05, 0) is 49.2 Å². The summed E-state index contributed by atoms with van der Waals surface area (Å²) in [4.78, 5) is 11.9. The minimum Gasteiger partial charge on any atom is -0.459 e. The number of hydrogen-bond donors (Lipinski definition) is 2. The molecule has 4 heteroatoms. The van der Waals surface area contributed by atoms with E-state index in [1.165, 1.54) is 44.8 Å². The third-order valence-corrected chi connectivity index (χ3v) is 4.11. The van der Waals surface area contributed by atoms with Crippen molar-refractivity contribution in [2.24, 2.45) is 0 Å². The van der Waals surface area contributed by atoms with Crippen molar-refractivity contribution in [3.63, 3.8) is 0 Å². The summed E-state index contributed by atoms with van der Waals surface area (Å²) >= 11 is 0. The average Bonchev–Trinajstić information content (AvgIpc) is 2.95. The third kappa shape index (κ3) is 3.91. The average molecular weight is 298 g/mol. The predicted octanol–water partition coefficient (Wildman–Crippen LogP) is 4.67. The fourth-order valence-corrected chi connectivity index (χ4v) is 2.91. The van der Waals surface area contributed by atoms with E-state index in [9.17, 15) is 4.79 Å². The maximum Gasteiger partial charge on any atom is 0.291 e. The van der Waals surface area contributed by atoms with Crippen molar-refractivity contribution in [2.45, 2.75) is 44.6 Å². The number of hydrogen-bond acceptors (Lipinski definition) is 3. The monoisotopic (exact) mass is 298 g/mol. The molecule has 0 unspecified atom stereocenters. The number of amides is 1. The zero-order chi connectivity index (χ0) is 15.2. The molecular weight excluding hydrogens is 276 g/mol. The molecule has 0 atom stereocenters. The second-order valence-corrected chi connectivity index (χ2v) is 5.84. The molecule has 22 heavy (non-hydrogen) atoms. The predicted molar refractivity (Wildman–Crippen MR) is 88.2 cm³/mol. The molecule has 1 aliphatic carbocycles. The fraction of sp³-hybridized carbons (Fsp3) is 0.389. The van der Waals surface area contributed by atoms with Gasteiger partial charge < -0.3 is 15.1 Å². The van der Waals surface area contributed by atoms with Crippen LogP contribution in [0.15, 0.2) is 47.1 Å². The number of anilines is 2. The molecule has 3 rings (SSSR count). The first-order valence-corrected chi connectivity index (χ1v) is 8.03. The number of rotatable bonds is 4. The normalized spacial score (nSPS) is 16.0. The Hall–Kier alpha value is -2.23. The zero-order valence-corrected chi connectivity index (χ0v) is 12.7. The summed E-state index contributed by atoms with van der Waals surface area (Å²) in [5.41, 5.74) is 1.88. The SMILES string of the molecule is O=C(Nc1ccc(NC2CCCCCC2)cc1)c1ccco1. The maximum absolute atomic E-state index is 11.9. The molecule has 1 amide bonds. The van der Waals surface area contributed by atoms with E-state index in [4.69, 9.17) is 4.42 Å². The van der Waals surface area contributed by atoms with Gasteiger partial charge in [-0.3, -0.25) is 4.79 Å². The molecule has 1 heterocycles. The van der Waals surface area contributed by atoms with Gasteiger partial charge in [-0.2, -0.15) is 0 Å². The Morgan fingerprint density at radius 1 is 0.955 bits per heavy atom. The molecule has 1 aromatic heterocycles. The number of nitrogens with one attached hydrogen (secondary N) is 2. The van der Waals surface area contributed by atoms with Crippen LogP contribution in [0.4, 0.5) is 11.4 Å². The lowest BCUT2D eigenvalue weighted by Gasteiger charge is -2.17. The van der Waals surface area contributed by atoms with Crippen LogP contribution in [0, 0.1) is 0 Å². The van der Waals surface area contributed by atoms with Gasteiger partial charge in [-0.15, -0.1) is 0 Å². The molecular formula is C18H22N2O2. The van der Waals surface area contributed by atoms with Crippen LogP contribution in [-0.4, -0.2) is 11.9 Å². The molecule has 0 saturated heterocycles. The smallest absolute Gasteiger partial charge is 0.291 e. The Balaban J connectivity index is 1.56. The standard InChI is InChI=1S/C18H22N2O2/c21-18(17-8-5-13-22-17)20-16-11-9-15(10-12-16)19-14-6-3-1-2-4-7-14/h5,8-14,19H,1-4,6-7H2,(H,20,21). The van der Waals surface area contributed by atoms with Crippen molar-refractivity contribution < 1.29 is 9.21 Å². The molecule has 0 radical (unpaired) electrons. The molecule has 2 aromatic rings. The van der Waals surface area contributed by atoms with E-state index in [0.717, 1.165) is 11.4 Å². The first kappa shape index (κ1) is 14.7. The first-order chi connectivity index (χ1) is 10.8. The van der Waals surface area contributed by atoms with Crippen molar-refractivity contribution in [1.82, 2.24) is 0 Å². The van der Waals surface area contributed by atoms with Gasteiger partial charge in [0.05, 0.1) is 6.26 Å². The van der Waals surface area contributed by atoms with E-state index >= 15 is 0 Å². The summed E-state index contributed by atoms with van der Waals surface area (Å²) in [5.74, 6) is 0.0927. The topological polar surface area (TPSA) is 54.3 Å². The lowest BCUT2D eigenvalue weighted by molar-refractivity contribution is 0.0996. The van der Waals surface area contributed by atoms with E-state index in [1.807, 2.05) is 24.3 Å². The molecule has 4 nitrogen and oxygen atoms in total. The summed E-state index contributed by atoms with van der Waals surface area (Å²) in [6.45, 7) is 0. The molecule has 1 aliphatic rings. The second-order valence-electron chi connectivity index (χ2n) is 5.84. The van der Waals surface area contributed by atoms with Gasteiger partial charge in [0.25, 0.3) is 5.91 Å². The Kier molecular flexibility index (Phi) is 4.78. The molecule has 1 saturated carbocycles. The van der Waals surface area contributed by atoms with Gasteiger partial charge in [0.15, 0.2) is 5.76 Å². The van der Waals surface area contributed by atoms with Gasteiger partial charge in [-0.25, -0.2) is 0 Å². The fourth-order valence-electron chi connectivity index (χ4n) is 2.91. The Bertz CT molecular complexity index is 582. The quantitative estimate of drug-likeness (QED) is 0.807. The molecule has 0 aliphatic heterocycles. The van der Waals surface area contributed by atoms with Gasteiger partial charge in [0.1, 0.15) is 0 Å². The number of carbonyl (C=O) groups is 1. The van der Waals surface area contributed by atoms with Gasteiger partial charge in [0, 0.05) is 17.4 Å². The molecule has 0 bridgehead atoms. The van der Waals surface area contributed by atoms with Crippen LogP contribution < -0.4 is 10.6 Å². The van der Waals surface area contributed by atoms with Gasteiger partial charge in [-0.1, -0.05) is 25.7 Å². The van der Waals surface area contributed by atoms with E-state index in [-0.39, 0.29) is 5.91 Å². The van der Waals surface area contributed by atoms with Crippen LogP contribution in [0.25, 0.3) is 0 Å². The largest absolute Gasteiger partial charge is 0.459 e. The minimum absolute atomic E-state index is 0.227. The van der Waals surface area contributed by atoms with E-state index in [1.54, 1.807) is 12.1 Å². The van der Waals surface area contributed by atoms with Gasteiger partial charge >= 0.3 is 0 Å². The molecule has 2 N–H and O–H groups in total. The summed E-state index contributed by atoms with van der Waals surface area (Å²) in [5, 5.41) is 6.42. The zero-order valence-electron chi connectivity index (χ0n) is 12.7.